The fraction of sp³-hybridized carbons (Fsp3) is 0.500. The van der Waals surface area contributed by atoms with Gasteiger partial charge >= 0.3 is 50.5 Å². The van der Waals surface area contributed by atoms with E-state index in [0.717, 1.165) is 0 Å². The fourth-order valence-corrected chi connectivity index (χ4v) is 1.09. The van der Waals surface area contributed by atoms with Gasteiger partial charge in [0.25, 0.3) is 0 Å². The lowest BCUT2D eigenvalue weighted by molar-refractivity contribution is -0.157. The number of hydrogen-bond donors (Lipinski definition) is 3. The van der Waals surface area contributed by atoms with Gasteiger partial charge in [0.15, 0.2) is 0 Å². The molecule has 0 heterocycles. The van der Waals surface area contributed by atoms with E-state index in [1.807, 2.05) is 0 Å². The van der Waals surface area contributed by atoms with Crippen LogP contribution in [0.2, 0.25) is 0 Å². The second-order valence-electron chi connectivity index (χ2n) is 2.89. The average Bonchev–Trinajstić information content (AvgIpc) is 2.23. The molecule has 0 spiro atoms. The summed E-state index contributed by atoms with van der Waals surface area (Å²) < 4.78 is 116. The maximum atomic E-state index is 11.7. The molecular weight excluding hydrogens is 413 g/mol. The summed E-state index contributed by atoms with van der Waals surface area (Å²) in [7, 11) is -15.5. The zero-order valence-electron chi connectivity index (χ0n) is 10.3. The first-order valence-electron chi connectivity index (χ1n) is 4.38. The highest BCUT2D eigenvalue weighted by Gasteiger charge is 2.53. The van der Waals surface area contributed by atoms with Crippen molar-refractivity contribution < 1.29 is 76.2 Å². The molecule has 24 heavy (non-hydrogen) atoms. The maximum absolute atomic E-state index is 11.7. The molecule has 11 nitrogen and oxygen atoms in total. The Kier molecular flexibility index (Phi) is 8.16. The Balaban J connectivity index is 0. The molecule has 0 aliphatic heterocycles. The van der Waals surface area contributed by atoms with Gasteiger partial charge in [0.2, 0.25) is 0 Å². The Morgan fingerprint density at radius 2 is 0.875 bits per heavy atom. The van der Waals surface area contributed by atoms with Crippen LogP contribution in [0, 0.1) is 0 Å². The van der Waals surface area contributed by atoms with E-state index in [9.17, 15) is 52.8 Å². The molecule has 0 radical (unpaired) electrons. The van der Waals surface area contributed by atoms with Crippen LogP contribution in [0.5, 0.6) is 0 Å². The molecule has 0 amide bonds. The minimum absolute atomic E-state index is 2.17. The molecular formula is C4H3BF6O11S2. The van der Waals surface area contributed by atoms with Crippen LogP contribution in [0.3, 0.4) is 0 Å². The third-order valence-corrected chi connectivity index (χ3v) is 2.98. The van der Waals surface area contributed by atoms with Crippen molar-refractivity contribution >= 4 is 39.5 Å². The van der Waals surface area contributed by atoms with Crippen LogP contribution in [0.25, 0.3) is 0 Å². The van der Waals surface area contributed by atoms with Gasteiger partial charge in [-0.1, -0.05) is 0 Å². The van der Waals surface area contributed by atoms with Crippen LogP contribution in [0.15, 0.2) is 0 Å². The summed E-state index contributed by atoms with van der Waals surface area (Å²) in [5, 5.41) is 21.5. The van der Waals surface area contributed by atoms with Gasteiger partial charge in [-0.15, -0.1) is 0 Å². The number of hydrogen-bond acceptors (Lipinski definition) is 11. The van der Waals surface area contributed by atoms with Crippen molar-refractivity contribution in [3.63, 3.8) is 0 Å². The van der Waals surface area contributed by atoms with Gasteiger partial charge < -0.3 is 23.4 Å². The lowest BCUT2D eigenvalue weighted by Crippen LogP contribution is -2.35. The van der Waals surface area contributed by atoms with Gasteiger partial charge in [-0.05, 0) is 0 Å². The first-order valence-corrected chi connectivity index (χ1v) is 7.20. The molecule has 0 saturated heterocycles. The van der Waals surface area contributed by atoms with Crippen molar-refractivity contribution in [2.24, 2.45) is 0 Å². The lowest BCUT2D eigenvalue weighted by atomic mass is 10.3. The summed E-state index contributed by atoms with van der Waals surface area (Å²) in [6.07, 6.45) is 0. The minimum Gasteiger partial charge on any atom is -0.402 e. The molecule has 0 aliphatic carbocycles. The number of halogens is 6. The highest BCUT2D eigenvalue weighted by molar-refractivity contribution is 7.88. The normalized spacial score (nSPS) is 12.5. The maximum Gasteiger partial charge on any atom is 0.631 e. The molecule has 0 saturated carbocycles. The van der Waals surface area contributed by atoms with E-state index < -0.39 is 50.5 Å². The zero-order chi connectivity index (χ0) is 20.1. The van der Waals surface area contributed by atoms with Crippen molar-refractivity contribution in [3.05, 3.63) is 0 Å². The third-order valence-electron chi connectivity index (χ3n) is 1.10. The number of alkyl halides is 6. The van der Waals surface area contributed by atoms with E-state index in [-0.39, 0.29) is 0 Å². The Morgan fingerprint density at radius 3 is 1.00 bits per heavy atom. The molecule has 142 valence electrons. The van der Waals surface area contributed by atoms with Crippen LogP contribution in [0.4, 0.5) is 26.3 Å². The minimum atomic E-state index is -6.66. The first kappa shape index (κ1) is 24.6. The molecule has 3 N–H and O–H groups in total. The average molecular weight is 416 g/mol. The van der Waals surface area contributed by atoms with Gasteiger partial charge in [0.1, 0.15) is 0 Å². The van der Waals surface area contributed by atoms with E-state index in [1.54, 1.807) is 0 Å². The summed E-state index contributed by atoms with van der Waals surface area (Å²) in [5.41, 5.74) is -12.3. The molecule has 0 unspecified atom stereocenters. The van der Waals surface area contributed by atoms with E-state index in [2.05, 4.69) is 8.37 Å². The Labute approximate surface area is 127 Å². The smallest absolute Gasteiger partial charge is 0.402 e. The van der Waals surface area contributed by atoms with Crippen LogP contribution < -0.4 is 0 Å². The van der Waals surface area contributed by atoms with Gasteiger partial charge in [0, 0.05) is 0 Å². The van der Waals surface area contributed by atoms with Crippen molar-refractivity contribution in [3.8, 4) is 0 Å². The predicted octanol–water partition coefficient (Wildman–Crippen LogP) is -2.28. The quantitative estimate of drug-likeness (QED) is 0.145. The van der Waals surface area contributed by atoms with Crippen molar-refractivity contribution in [1.29, 1.82) is 0 Å². The van der Waals surface area contributed by atoms with Gasteiger partial charge in [-0.2, -0.15) is 43.2 Å². The number of carbonyl (C=O) groups excluding carboxylic acids is 2. The Hall–Kier alpha value is -1.64. The van der Waals surface area contributed by atoms with Gasteiger partial charge in [-0.25, -0.2) is 9.59 Å². The predicted molar refractivity (Wildman–Crippen MR) is 54.5 cm³/mol. The zero-order valence-corrected chi connectivity index (χ0v) is 11.9. The topological polar surface area (TPSA) is 182 Å². The second-order valence-corrected chi connectivity index (χ2v) is 5.96. The molecule has 0 aromatic heterocycles. The first-order chi connectivity index (χ1) is 10.2. The SMILES string of the molecule is O=C(OS(=O)(=O)C(F)(F)F)C(=O)OS(=O)(=O)C(F)(F)F.OB(O)O. The highest BCUT2D eigenvalue weighted by atomic mass is 32.2. The van der Waals surface area contributed by atoms with Crippen LogP contribution >= 0.6 is 0 Å². The molecule has 0 aromatic rings. The van der Waals surface area contributed by atoms with E-state index in [4.69, 9.17) is 15.1 Å². The monoisotopic (exact) mass is 416 g/mol. The van der Waals surface area contributed by atoms with E-state index in [1.165, 1.54) is 0 Å². The Bertz CT molecular complexity index is 601. The van der Waals surface area contributed by atoms with Gasteiger partial charge in [0.05, 0.1) is 0 Å². The molecule has 0 atom stereocenters. The largest absolute Gasteiger partial charge is 0.631 e. The molecule has 0 aromatic carbocycles. The molecule has 0 fully saturated rings. The van der Waals surface area contributed by atoms with Crippen molar-refractivity contribution in [1.82, 2.24) is 0 Å². The van der Waals surface area contributed by atoms with Crippen molar-refractivity contribution in [2.75, 3.05) is 0 Å². The highest BCUT2D eigenvalue weighted by Crippen LogP contribution is 2.26. The molecule has 0 rings (SSSR count). The summed E-state index contributed by atoms with van der Waals surface area (Å²) >= 11 is 0. The molecule has 0 bridgehead atoms. The lowest BCUT2D eigenvalue weighted by Gasteiger charge is -2.09. The summed E-state index contributed by atoms with van der Waals surface area (Å²) in [6.45, 7) is 0. The number of carbonyl (C=O) groups is 2. The number of rotatable bonds is 2. The Morgan fingerprint density at radius 1 is 0.708 bits per heavy atom. The molecule has 20 heteroatoms. The van der Waals surface area contributed by atoms with E-state index >= 15 is 0 Å². The van der Waals surface area contributed by atoms with Gasteiger partial charge in [-0.3, -0.25) is 0 Å². The standard InChI is InChI=1S/C4F6O8S2.BH3O3/c5-3(6,7)19(13,14)17-1(11)2(12)18-20(15,16)4(8,9)10;2-1(3)4/h;2-4H. The van der Waals surface area contributed by atoms with Crippen LogP contribution in [-0.2, 0) is 38.2 Å². The summed E-state index contributed by atoms with van der Waals surface area (Å²) in [6, 6.07) is 0. The second kappa shape index (κ2) is 7.96. The molecule has 0 aliphatic rings. The van der Waals surface area contributed by atoms with Crippen LogP contribution in [-0.4, -0.2) is 62.2 Å². The fourth-order valence-electron chi connectivity index (χ4n) is 0.362. The van der Waals surface area contributed by atoms with Crippen LogP contribution in [0.1, 0.15) is 0 Å². The third kappa shape index (κ3) is 8.28. The summed E-state index contributed by atoms with van der Waals surface area (Å²) in [5.74, 6) is -6.26. The van der Waals surface area contributed by atoms with Crippen molar-refractivity contribution in [2.45, 2.75) is 11.0 Å². The van der Waals surface area contributed by atoms with E-state index in [0.29, 0.717) is 0 Å². The summed E-state index contributed by atoms with van der Waals surface area (Å²) in [4.78, 5) is 20.8.